The SMILES string of the molecule is Cc1ccc(NC(=O)Nc2cccc3c2ccn3Cc2ccncc2)cc1C(F)(F)F. The van der Waals surface area contributed by atoms with Crippen molar-refractivity contribution < 1.29 is 18.0 Å². The molecule has 2 N–H and O–H groups in total. The number of urea groups is 1. The summed E-state index contributed by atoms with van der Waals surface area (Å²) in [5, 5.41) is 6.03. The molecule has 0 aliphatic carbocycles. The highest BCUT2D eigenvalue weighted by Gasteiger charge is 2.32. The molecule has 0 saturated carbocycles. The standard InChI is InChI=1S/C23H19F3N4O/c1-15-5-6-17(13-19(15)23(24,25)26)28-22(31)29-20-3-2-4-21-18(20)9-12-30(21)14-16-7-10-27-11-8-16/h2-13H,14H2,1H3,(H2,28,29,31). The fraction of sp³-hybridized carbons (Fsp3) is 0.130. The molecule has 0 bridgehead atoms. The third kappa shape index (κ3) is 4.53. The van der Waals surface area contributed by atoms with E-state index in [4.69, 9.17) is 0 Å². The van der Waals surface area contributed by atoms with Crippen LogP contribution in [0.1, 0.15) is 16.7 Å². The number of carbonyl (C=O) groups is 1. The molecule has 158 valence electrons. The number of hydrogen-bond acceptors (Lipinski definition) is 2. The van der Waals surface area contributed by atoms with Crippen molar-refractivity contribution >= 4 is 28.3 Å². The number of amides is 2. The molecule has 31 heavy (non-hydrogen) atoms. The third-order valence-electron chi connectivity index (χ3n) is 4.97. The van der Waals surface area contributed by atoms with Gasteiger partial charge in [-0.05, 0) is 60.5 Å². The van der Waals surface area contributed by atoms with Gasteiger partial charge in [-0.1, -0.05) is 12.1 Å². The monoisotopic (exact) mass is 424 g/mol. The second-order valence-electron chi connectivity index (χ2n) is 7.14. The molecule has 5 nitrogen and oxygen atoms in total. The largest absolute Gasteiger partial charge is 0.416 e. The zero-order valence-corrected chi connectivity index (χ0v) is 16.6. The van der Waals surface area contributed by atoms with Crippen molar-refractivity contribution in [3.8, 4) is 0 Å². The minimum atomic E-state index is -4.48. The van der Waals surface area contributed by atoms with Gasteiger partial charge in [0.25, 0.3) is 0 Å². The predicted octanol–water partition coefficient (Wildman–Crippen LogP) is 6.06. The van der Waals surface area contributed by atoms with Crippen molar-refractivity contribution in [1.82, 2.24) is 9.55 Å². The summed E-state index contributed by atoms with van der Waals surface area (Å²) in [4.78, 5) is 16.5. The van der Waals surface area contributed by atoms with E-state index >= 15 is 0 Å². The molecule has 0 radical (unpaired) electrons. The van der Waals surface area contributed by atoms with Gasteiger partial charge in [-0.25, -0.2) is 4.79 Å². The number of aromatic nitrogens is 2. The van der Waals surface area contributed by atoms with Crippen molar-refractivity contribution in [2.45, 2.75) is 19.6 Å². The average molecular weight is 424 g/mol. The Hall–Kier alpha value is -3.81. The van der Waals surface area contributed by atoms with Crippen LogP contribution in [-0.2, 0) is 12.7 Å². The van der Waals surface area contributed by atoms with Crippen molar-refractivity contribution in [1.29, 1.82) is 0 Å². The van der Waals surface area contributed by atoms with Crippen molar-refractivity contribution in [2.24, 2.45) is 0 Å². The van der Waals surface area contributed by atoms with Gasteiger partial charge in [0.05, 0.1) is 16.8 Å². The van der Waals surface area contributed by atoms with Gasteiger partial charge in [-0.2, -0.15) is 13.2 Å². The zero-order chi connectivity index (χ0) is 22.0. The lowest BCUT2D eigenvalue weighted by atomic mass is 10.1. The van der Waals surface area contributed by atoms with Crippen LogP contribution in [0, 0.1) is 6.92 Å². The van der Waals surface area contributed by atoms with Crippen LogP contribution in [0.3, 0.4) is 0 Å². The lowest BCUT2D eigenvalue weighted by Gasteiger charge is -2.13. The molecule has 0 saturated heterocycles. The lowest BCUT2D eigenvalue weighted by Crippen LogP contribution is -2.20. The Morgan fingerprint density at radius 3 is 2.55 bits per heavy atom. The summed E-state index contributed by atoms with van der Waals surface area (Å²) < 4.78 is 41.4. The summed E-state index contributed by atoms with van der Waals surface area (Å²) in [7, 11) is 0. The Bertz CT molecular complexity index is 1230. The molecule has 0 unspecified atom stereocenters. The number of rotatable bonds is 4. The zero-order valence-electron chi connectivity index (χ0n) is 16.6. The number of pyridine rings is 1. The van der Waals surface area contributed by atoms with Gasteiger partial charge in [-0.15, -0.1) is 0 Å². The van der Waals surface area contributed by atoms with Crippen LogP contribution in [0.5, 0.6) is 0 Å². The molecule has 0 aliphatic rings. The van der Waals surface area contributed by atoms with Gasteiger partial charge in [-0.3, -0.25) is 4.98 Å². The van der Waals surface area contributed by atoms with Crippen LogP contribution in [0.15, 0.2) is 73.2 Å². The van der Waals surface area contributed by atoms with Gasteiger partial charge < -0.3 is 15.2 Å². The lowest BCUT2D eigenvalue weighted by molar-refractivity contribution is -0.138. The molecule has 0 spiro atoms. The number of hydrogen-bond donors (Lipinski definition) is 2. The quantitative estimate of drug-likeness (QED) is 0.419. The van der Waals surface area contributed by atoms with E-state index in [1.54, 1.807) is 18.5 Å². The Labute approximate surface area is 176 Å². The van der Waals surface area contributed by atoms with Gasteiger partial charge in [0, 0.05) is 36.2 Å². The number of nitrogens with zero attached hydrogens (tertiary/aromatic N) is 2. The van der Waals surface area contributed by atoms with E-state index in [1.807, 2.05) is 41.1 Å². The number of alkyl halides is 3. The summed E-state index contributed by atoms with van der Waals surface area (Å²) in [6.07, 6.45) is 0.895. The molecule has 8 heteroatoms. The molecule has 0 fully saturated rings. The molecule has 4 aromatic rings. The maximum atomic E-state index is 13.1. The molecule has 2 aromatic heterocycles. The van der Waals surface area contributed by atoms with Crippen LogP contribution < -0.4 is 10.6 Å². The van der Waals surface area contributed by atoms with Crippen LogP contribution in [0.25, 0.3) is 10.9 Å². The van der Waals surface area contributed by atoms with Crippen LogP contribution in [0.4, 0.5) is 29.3 Å². The molecular weight excluding hydrogens is 405 g/mol. The first-order valence-corrected chi connectivity index (χ1v) is 9.54. The molecule has 2 aromatic carbocycles. The minimum Gasteiger partial charge on any atom is -0.343 e. The minimum absolute atomic E-state index is 0.0675. The summed E-state index contributed by atoms with van der Waals surface area (Å²) in [6.45, 7) is 2.02. The van der Waals surface area contributed by atoms with Gasteiger partial charge in [0.15, 0.2) is 0 Å². The van der Waals surface area contributed by atoms with E-state index < -0.39 is 17.8 Å². The van der Waals surface area contributed by atoms with E-state index in [0.29, 0.717) is 12.2 Å². The third-order valence-corrected chi connectivity index (χ3v) is 4.97. The van der Waals surface area contributed by atoms with E-state index in [2.05, 4.69) is 15.6 Å². The van der Waals surface area contributed by atoms with Gasteiger partial charge in [0.1, 0.15) is 0 Å². The van der Waals surface area contributed by atoms with E-state index in [0.717, 1.165) is 22.5 Å². The summed E-state index contributed by atoms with van der Waals surface area (Å²) in [5.41, 5.74) is 1.96. The molecular formula is C23H19F3N4O. The molecule has 0 atom stereocenters. The number of anilines is 2. The number of nitrogens with one attached hydrogen (secondary N) is 2. The fourth-order valence-electron chi connectivity index (χ4n) is 3.45. The van der Waals surface area contributed by atoms with Crippen LogP contribution in [0.2, 0.25) is 0 Å². The summed E-state index contributed by atoms with van der Waals surface area (Å²) in [5.74, 6) is 0. The second kappa shape index (κ2) is 8.14. The first-order valence-electron chi connectivity index (χ1n) is 9.54. The average Bonchev–Trinajstić information content (AvgIpc) is 3.13. The van der Waals surface area contributed by atoms with Crippen LogP contribution >= 0.6 is 0 Å². The molecule has 4 rings (SSSR count). The Morgan fingerprint density at radius 1 is 1.03 bits per heavy atom. The summed E-state index contributed by atoms with van der Waals surface area (Å²) >= 11 is 0. The van der Waals surface area contributed by atoms with Crippen molar-refractivity contribution in [3.05, 3.63) is 89.9 Å². The molecule has 0 aliphatic heterocycles. The van der Waals surface area contributed by atoms with Crippen LogP contribution in [-0.4, -0.2) is 15.6 Å². The number of carbonyl (C=O) groups excluding carboxylic acids is 1. The van der Waals surface area contributed by atoms with E-state index in [1.165, 1.54) is 19.1 Å². The number of benzene rings is 2. The number of halogens is 3. The normalized spacial score (nSPS) is 11.5. The Morgan fingerprint density at radius 2 is 1.81 bits per heavy atom. The fourth-order valence-corrected chi connectivity index (χ4v) is 3.45. The molecule has 2 heterocycles. The highest BCUT2D eigenvalue weighted by molar-refractivity contribution is 6.05. The Kier molecular flexibility index (Phi) is 5.37. The maximum absolute atomic E-state index is 13.1. The van der Waals surface area contributed by atoms with Gasteiger partial charge >= 0.3 is 12.2 Å². The first-order chi connectivity index (χ1) is 14.8. The van der Waals surface area contributed by atoms with E-state index in [9.17, 15) is 18.0 Å². The topological polar surface area (TPSA) is 59.0 Å². The highest BCUT2D eigenvalue weighted by atomic mass is 19.4. The second-order valence-corrected chi connectivity index (χ2v) is 7.14. The van der Waals surface area contributed by atoms with Gasteiger partial charge in [0.2, 0.25) is 0 Å². The Balaban J connectivity index is 1.53. The predicted molar refractivity (Wildman–Crippen MR) is 114 cm³/mol. The smallest absolute Gasteiger partial charge is 0.343 e. The summed E-state index contributed by atoms with van der Waals surface area (Å²) in [6, 6.07) is 14.3. The maximum Gasteiger partial charge on any atom is 0.416 e. The highest BCUT2D eigenvalue weighted by Crippen LogP contribution is 2.33. The van der Waals surface area contributed by atoms with Crippen molar-refractivity contribution in [3.63, 3.8) is 0 Å². The first kappa shape index (κ1) is 20.5. The number of fused-ring (bicyclic) bond motifs is 1. The van der Waals surface area contributed by atoms with Crippen molar-refractivity contribution in [2.75, 3.05) is 10.6 Å². The molecule has 2 amide bonds. The van der Waals surface area contributed by atoms with E-state index in [-0.39, 0.29) is 11.3 Å². The number of aryl methyl sites for hydroxylation is 1.